The number of pyridine rings is 1. The van der Waals surface area contributed by atoms with E-state index in [1.165, 1.54) is 5.56 Å². The number of rotatable bonds is 1. The smallest absolute Gasteiger partial charge is 0.244 e. The van der Waals surface area contributed by atoms with Crippen LogP contribution in [-0.2, 0) is 4.79 Å². The number of hydrogen-bond donors (Lipinski definition) is 1. The van der Waals surface area contributed by atoms with E-state index in [0.29, 0.717) is 6.54 Å². The van der Waals surface area contributed by atoms with Crippen molar-refractivity contribution in [3.63, 3.8) is 0 Å². The number of carbonyl (C=O) groups is 1. The highest BCUT2D eigenvalue weighted by Crippen LogP contribution is 2.33. The second kappa shape index (κ2) is 4.39. The molecule has 1 aromatic heterocycles. The Hall–Kier alpha value is -2.36. The first-order valence-electron chi connectivity index (χ1n) is 6.24. The van der Waals surface area contributed by atoms with E-state index in [1.807, 2.05) is 55.3 Å². The molecule has 1 N–H and O–H groups in total. The van der Waals surface area contributed by atoms with Crippen molar-refractivity contribution in [3.8, 4) is 0 Å². The van der Waals surface area contributed by atoms with Crippen molar-refractivity contribution in [2.75, 3.05) is 16.8 Å². The molecule has 0 unspecified atom stereocenters. The first kappa shape index (κ1) is 11.7. The second-order valence-corrected chi connectivity index (χ2v) is 4.85. The molecule has 1 aliphatic rings. The molecule has 4 nitrogen and oxygen atoms in total. The number of fused-ring (bicyclic) bond motifs is 1. The van der Waals surface area contributed by atoms with Gasteiger partial charge in [0.05, 0.1) is 5.69 Å². The summed E-state index contributed by atoms with van der Waals surface area (Å²) in [5, 5.41) is 2.87. The molecule has 4 heteroatoms. The molecule has 1 aliphatic heterocycles. The SMILES string of the molecule is Cc1ccc(N2CC(=O)Nc3cc(C)cnc32)cc1. The minimum absolute atomic E-state index is 0.0134. The van der Waals surface area contributed by atoms with Crippen LogP contribution in [0.4, 0.5) is 17.2 Å². The molecule has 2 heterocycles. The van der Waals surface area contributed by atoms with E-state index in [4.69, 9.17) is 0 Å². The van der Waals surface area contributed by atoms with E-state index < -0.39 is 0 Å². The van der Waals surface area contributed by atoms with Crippen molar-refractivity contribution < 1.29 is 4.79 Å². The predicted octanol–water partition coefficient (Wildman–Crippen LogP) is 2.79. The van der Waals surface area contributed by atoms with Gasteiger partial charge in [-0.15, -0.1) is 0 Å². The zero-order valence-corrected chi connectivity index (χ0v) is 11.0. The summed E-state index contributed by atoms with van der Waals surface area (Å²) in [7, 11) is 0. The van der Waals surface area contributed by atoms with E-state index in [9.17, 15) is 4.79 Å². The minimum atomic E-state index is -0.0134. The highest BCUT2D eigenvalue weighted by atomic mass is 16.2. The van der Waals surface area contributed by atoms with Gasteiger partial charge in [-0.2, -0.15) is 0 Å². The number of nitrogens with one attached hydrogen (secondary N) is 1. The molecule has 0 aliphatic carbocycles. The Morgan fingerprint density at radius 2 is 1.89 bits per heavy atom. The molecule has 0 bridgehead atoms. The molecule has 1 amide bonds. The van der Waals surface area contributed by atoms with Crippen molar-refractivity contribution >= 4 is 23.1 Å². The highest BCUT2D eigenvalue weighted by molar-refractivity contribution is 6.02. The molecule has 0 saturated heterocycles. The molecular weight excluding hydrogens is 238 g/mol. The minimum Gasteiger partial charge on any atom is -0.321 e. The lowest BCUT2D eigenvalue weighted by molar-refractivity contribution is -0.115. The molecule has 19 heavy (non-hydrogen) atoms. The maximum Gasteiger partial charge on any atom is 0.244 e. The fraction of sp³-hybridized carbons (Fsp3) is 0.200. The number of aryl methyl sites for hydroxylation is 2. The number of aromatic nitrogens is 1. The lowest BCUT2D eigenvalue weighted by atomic mass is 10.1. The Labute approximate surface area is 112 Å². The van der Waals surface area contributed by atoms with Crippen LogP contribution >= 0.6 is 0 Å². The summed E-state index contributed by atoms with van der Waals surface area (Å²) in [6.45, 7) is 4.30. The van der Waals surface area contributed by atoms with Crippen molar-refractivity contribution in [1.29, 1.82) is 0 Å². The van der Waals surface area contributed by atoms with E-state index in [0.717, 1.165) is 22.8 Å². The lowest BCUT2D eigenvalue weighted by Crippen LogP contribution is -2.35. The number of carbonyl (C=O) groups excluding carboxylic acids is 1. The van der Waals surface area contributed by atoms with Gasteiger partial charge in [-0.05, 0) is 37.6 Å². The van der Waals surface area contributed by atoms with Crippen LogP contribution < -0.4 is 10.2 Å². The van der Waals surface area contributed by atoms with Gasteiger partial charge in [0, 0.05) is 11.9 Å². The van der Waals surface area contributed by atoms with Crippen LogP contribution in [0.2, 0.25) is 0 Å². The van der Waals surface area contributed by atoms with Gasteiger partial charge in [-0.1, -0.05) is 17.7 Å². The summed E-state index contributed by atoms with van der Waals surface area (Å²) in [6.07, 6.45) is 1.82. The van der Waals surface area contributed by atoms with Crippen LogP contribution in [-0.4, -0.2) is 17.4 Å². The standard InChI is InChI=1S/C15H15N3O/c1-10-3-5-12(6-4-10)18-9-14(19)17-13-7-11(2)8-16-15(13)18/h3-8H,9H2,1-2H3,(H,17,19). The van der Waals surface area contributed by atoms with Crippen molar-refractivity contribution in [3.05, 3.63) is 47.7 Å². The third kappa shape index (κ3) is 2.17. The normalized spacial score (nSPS) is 14.0. The average Bonchev–Trinajstić information content (AvgIpc) is 2.38. The van der Waals surface area contributed by atoms with Gasteiger partial charge in [-0.3, -0.25) is 4.79 Å². The Morgan fingerprint density at radius 1 is 1.16 bits per heavy atom. The number of anilines is 3. The monoisotopic (exact) mass is 253 g/mol. The van der Waals surface area contributed by atoms with E-state index in [2.05, 4.69) is 10.3 Å². The number of benzene rings is 1. The Bertz CT molecular complexity index is 634. The first-order chi connectivity index (χ1) is 9.13. The Kier molecular flexibility index (Phi) is 2.71. The van der Waals surface area contributed by atoms with Crippen molar-refractivity contribution in [2.45, 2.75) is 13.8 Å². The molecule has 0 fully saturated rings. The van der Waals surface area contributed by atoms with Gasteiger partial charge in [0.25, 0.3) is 0 Å². The maximum atomic E-state index is 11.8. The van der Waals surface area contributed by atoms with Crippen LogP contribution in [0.5, 0.6) is 0 Å². The fourth-order valence-electron chi connectivity index (χ4n) is 2.22. The largest absolute Gasteiger partial charge is 0.321 e. The summed E-state index contributed by atoms with van der Waals surface area (Å²) in [5.41, 5.74) is 3.99. The quantitative estimate of drug-likeness (QED) is 0.850. The summed E-state index contributed by atoms with van der Waals surface area (Å²) in [5.74, 6) is 0.787. The second-order valence-electron chi connectivity index (χ2n) is 4.85. The Balaban J connectivity index is 2.08. The summed E-state index contributed by atoms with van der Waals surface area (Å²) in [6, 6.07) is 10.0. The summed E-state index contributed by atoms with van der Waals surface area (Å²) in [4.78, 5) is 18.2. The number of hydrogen-bond acceptors (Lipinski definition) is 3. The van der Waals surface area contributed by atoms with Crippen LogP contribution in [0.15, 0.2) is 36.5 Å². The third-order valence-electron chi connectivity index (χ3n) is 3.18. The molecule has 0 radical (unpaired) electrons. The van der Waals surface area contributed by atoms with Crippen LogP contribution in [0.3, 0.4) is 0 Å². The topological polar surface area (TPSA) is 45.2 Å². The zero-order chi connectivity index (χ0) is 13.4. The van der Waals surface area contributed by atoms with Crippen LogP contribution in [0.25, 0.3) is 0 Å². The average molecular weight is 253 g/mol. The molecule has 1 aromatic carbocycles. The molecule has 2 aromatic rings. The number of amides is 1. The zero-order valence-electron chi connectivity index (χ0n) is 11.0. The molecule has 0 atom stereocenters. The van der Waals surface area contributed by atoms with Gasteiger partial charge in [0.1, 0.15) is 6.54 Å². The first-order valence-corrected chi connectivity index (χ1v) is 6.24. The van der Waals surface area contributed by atoms with E-state index in [1.54, 1.807) is 0 Å². The van der Waals surface area contributed by atoms with Gasteiger partial charge in [-0.25, -0.2) is 4.98 Å². The summed E-state index contributed by atoms with van der Waals surface area (Å²) < 4.78 is 0. The summed E-state index contributed by atoms with van der Waals surface area (Å²) >= 11 is 0. The van der Waals surface area contributed by atoms with Gasteiger partial charge < -0.3 is 10.2 Å². The van der Waals surface area contributed by atoms with Crippen molar-refractivity contribution in [2.24, 2.45) is 0 Å². The molecule has 0 saturated carbocycles. The van der Waals surface area contributed by atoms with E-state index >= 15 is 0 Å². The van der Waals surface area contributed by atoms with Gasteiger partial charge >= 0.3 is 0 Å². The molecule has 96 valence electrons. The highest BCUT2D eigenvalue weighted by Gasteiger charge is 2.24. The van der Waals surface area contributed by atoms with Crippen LogP contribution in [0, 0.1) is 13.8 Å². The predicted molar refractivity (Wildman–Crippen MR) is 75.8 cm³/mol. The maximum absolute atomic E-state index is 11.8. The van der Waals surface area contributed by atoms with Crippen molar-refractivity contribution in [1.82, 2.24) is 4.98 Å². The van der Waals surface area contributed by atoms with Gasteiger partial charge in [0.2, 0.25) is 5.91 Å². The Morgan fingerprint density at radius 3 is 2.63 bits per heavy atom. The number of nitrogens with zero attached hydrogens (tertiary/aromatic N) is 2. The van der Waals surface area contributed by atoms with Crippen LogP contribution in [0.1, 0.15) is 11.1 Å². The van der Waals surface area contributed by atoms with Gasteiger partial charge in [0.15, 0.2) is 5.82 Å². The third-order valence-corrected chi connectivity index (χ3v) is 3.18. The lowest BCUT2D eigenvalue weighted by Gasteiger charge is -2.29. The fourth-order valence-corrected chi connectivity index (χ4v) is 2.22. The molecule has 3 rings (SSSR count). The molecule has 0 spiro atoms. The molecular formula is C15H15N3O. The van der Waals surface area contributed by atoms with E-state index in [-0.39, 0.29) is 5.91 Å².